The van der Waals surface area contributed by atoms with Crippen molar-refractivity contribution in [1.82, 2.24) is 4.98 Å². The van der Waals surface area contributed by atoms with Crippen molar-refractivity contribution in [2.24, 2.45) is 5.73 Å². The van der Waals surface area contributed by atoms with Crippen molar-refractivity contribution in [2.45, 2.75) is 19.3 Å². The number of hydrogen-bond donors (Lipinski definition) is 1. The third-order valence-electron chi connectivity index (χ3n) is 2.64. The summed E-state index contributed by atoms with van der Waals surface area (Å²) in [6, 6.07) is 6.59. The fraction of sp³-hybridized carbons (Fsp3) is 0.308. The van der Waals surface area contributed by atoms with E-state index in [0.29, 0.717) is 12.5 Å². The minimum atomic E-state index is -0.199. The van der Waals surface area contributed by atoms with E-state index in [1.165, 1.54) is 17.0 Å². The first-order valence-corrected chi connectivity index (χ1v) is 6.40. The summed E-state index contributed by atoms with van der Waals surface area (Å²) in [6.45, 7) is 2.68. The first-order valence-electron chi connectivity index (χ1n) is 5.58. The predicted octanol–water partition coefficient (Wildman–Crippen LogP) is 2.94. The Kier molecular flexibility index (Phi) is 3.86. The second kappa shape index (κ2) is 5.38. The molecule has 2 N–H and O–H groups in total. The van der Waals surface area contributed by atoms with Gasteiger partial charge in [-0.1, -0.05) is 19.1 Å². The minimum absolute atomic E-state index is 0.199. The molecule has 4 heteroatoms. The van der Waals surface area contributed by atoms with E-state index in [0.717, 1.165) is 17.0 Å². The van der Waals surface area contributed by atoms with Gasteiger partial charge in [0, 0.05) is 30.0 Å². The molecule has 1 heterocycles. The van der Waals surface area contributed by atoms with E-state index >= 15 is 0 Å². The first kappa shape index (κ1) is 12.2. The summed E-state index contributed by atoms with van der Waals surface area (Å²) < 4.78 is 12.8. The van der Waals surface area contributed by atoms with Gasteiger partial charge in [0.2, 0.25) is 0 Å². The van der Waals surface area contributed by atoms with Gasteiger partial charge in [-0.15, -0.1) is 11.3 Å². The first-order chi connectivity index (χ1) is 8.19. The van der Waals surface area contributed by atoms with Gasteiger partial charge in [-0.05, 0) is 17.7 Å². The average Bonchev–Trinajstić information content (AvgIpc) is 2.80. The Hall–Kier alpha value is -1.26. The van der Waals surface area contributed by atoms with Crippen LogP contribution < -0.4 is 5.73 Å². The Morgan fingerprint density at radius 3 is 2.71 bits per heavy atom. The largest absolute Gasteiger partial charge is 0.330 e. The SMILES string of the molecule is CC(CN)c1ncc(Cc2ccc(F)cc2)s1. The number of aromatic nitrogens is 1. The van der Waals surface area contributed by atoms with E-state index < -0.39 is 0 Å². The molecular weight excluding hydrogens is 235 g/mol. The van der Waals surface area contributed by atoms with Crippen LogP contribution in [-0.2, 0) is 6.42 Å². The summed E-state index contributed by atoms with van der Waals surface area (Å²) in [5.74, 6) is 0.109. The minimum Gasteiger partial charge on any atom is -0.330 e. The molecule has 1 unspecified atom stereocenters. The number of hydrogen-bond acceptors (Lipinski definition) is 3. The molecule has 0 fully saturated rings. The van der Waals surface area contributed by atoms with E-state index in [1.807, 2.05) is 6.20 Å². The lowest BCUT2D eigenvalue weighted by molar-refractivity contribution is 0.627. The molecule has 0 aliphatic heterocycles. The zero-order chi connectivity index (χ0) is 12.3. The molecule has 1 atom stereocenters. The molecule has 2 nitrogen and oxygen atoms in total. The Morgan fingerprint density at radius 1 is 1.35 bits per heavy atom. The third kappa shape index (κ3) is 3.11. The molecule has 0 amide bonds. The molecule has 1 aromatic carbocycles. The van der Waals surface area contributed by atoms with Crippen LogP contribution in [0.1, 0.15) is 28.3 Å². The molecule has 2 aromatic rings. The molecule has 2 rings (SSSR count). The molecule has 17 heavy (non-hydrogen) atoms. The second-order valence-corrected chi connectivity index (χ2v) is 5.25. The van der Waals surface area contributed by atoms with E-state index in [2.05, 4.69) is 11.9 Å². The lowest BCUT2D eigenvalue weighted by Gasteiger charge is -2.02. The van der Waals surface area contributed by atoms with Crippen LogP contribution in [0.15, 0.2) is 30.5 Å². The number of thiazole rings is 1. The van der Waals surface area contributed by atoms with Crippen LogP contribution in [-0.4, -0.2) is 11.5 Å². The highest BCUT2D eigenvalue weighted by atomic mass is 32.1. The lowest BCUT2D eigenvalue weighted by Crippen LogP contribution is -2.08. The zero-order valence-corrected chi connectivity index (χ0v) is 10.5. The molecule has 1 aromatic heterocycles. The van der Waals surface area contributed by atoms with Crippen molar-refractivity contribution < 1.29 is 4.39 Å². The second-order valence-electron chi connectivity index (χ2n) is 4.10. The number of nitrogens with zero attached hydrogens (tertiary/aromatic N) is 1. The van der Waals surface area contributed by atoms with Crippen LogP contribution >= 0.6 is 11.3 Å². The normalized spacial score (nSPS) is 12.6. The molecule has 0 aliphatic carbocycles. The van der Waals surface area contributed by atoms with E-state index in [9.17, 15) is 4.39 Å². The Bertz CT molecular complexity index is 478. The molecule has 90 valence electrons. The van der Waals surface area contributed by atoms with E-state index in [4.69, 9.17) is 5.73 Å². The molecular formula is C13H15FN2S. The van der Waals surface area contributed by atoms with Crippen molar-refractivity contribution in [3.8, 4) is 0 Å². The van der Waals surface area contributed by atoms with Crippen molar-refractivity contribution in [3.05, 3.63) is 51.7 Å². The highest BCUT2D eigenvalue weighted by Crippen LogP contribution is 2.23. The summed E-state index contributed by atoms with van der Waals surface area (Å²) in [5, 5.41) is 1.07. The highest BCUT2D eigenvalue weighted by Gasteiger charge is 2.09. The fourth-order valence-electron chi connectivity index (χ4n) is 1.54. The standard InChI is InChI=1S/C13H15FN2S/c1-9(7-15)13-16-8-12(17-13)6-10-2-4-11(14)5-3-10/h2-5,8-9H,6-7,15H2,1H3. The monoisotopic (exact) mass is 250 g/mol. The Labute approximate surface area is 104 Å². The topological polar surface area (TPSA) is 38.9 Å². The van der Waals surface area contributed by atoms with Crippen LogP contribution in [0, 0.1) is 5.82 Å². The number of benzene rings is 1. The van der Waals surface area contributed by atoms with Crippen molar-refractivity contribution in [3.63, 3.8) is 0 Å². The summed E-state index contributed by atoms with van der Waals surface area (Å²) >= 11 is 1.68. The summed E-state index contributed by atoms with van der Waals surface area (Å²) in [4.78, 5) is 5.55. The summed E-state index contributed by atoms with van der Waals surface area (Å²) in [6.07, 6.45) is 2.69. The number of nitrogens with two attached hydrogens (primary N) is 1. The van der Waals surface area contributed by atoms with Gasteiger partial charge in [-0.25, -0.2) is 9.37 Å². The van der Waals surface area contributed by atoms with Gasteiger partial charge in [0.1, 0.15) is 5.82 Å². The van der Waals surface area contributed by atoms with Gasteiger partial charge in [-0.2, -0.15) is 0 Å². The van der Waals surface area contributed by atoms with Gasteiger partial charge in [0.05, 0.1) is 5.01 Å². The molecule has 0 bridgehead atoms. The maximum absolute atomic E-state index is 12.8. The van der Waals surface area contributed by atoms with Crippen molar-refractivity contribution in [1.29, 1.82) is 0 Å². The van der Waals surface area contributed by atoms with Gasteiger partial charge in [-0.3, -0.25) is 0 Å². The quantitative estimate of drug-likeness (QED) is 0.906. The van der Waals surface area contributed by atoms with Crippen LogP contribution in [0.3, 0.4) is 0 Å². The maximum Gasteiger partial charge on any atom is 0.123 e. The third-order valence-corrected chi connectivity index (χ3v) is 3.87. The fourth-order valence-corrected chi connectivity index (χ4v) is 2.55. The summed E-state index contributed by atoms with van der Waals surface area (Å²) in [7, 11) is 0. The van der Waals surface area contributed by atoms with Crippen LogP contribution in [0.2, 0.25) is 0 Å². The van der Waals surface area contributed by atoms with Crippen LogP contribution in [0.4, 0.5) is 4.39 Å². The van der Waals surface area contributed by atoms with Crippen molar-refractivity contribution >= 4 is 11.3 Å². The average molecular weight is 250 g/mol. The highest BCUT2D eigenvalue weighted by molar-refractivity contribution is 7.11. The van der Waals surface area contributed by atoms with Crippen LogP contribution in [0.5, 0.6) is 0 Å². The number of halogens is 1. The molecule has 0 saturated carbocycles. The molecule has 0 radical (unpaired) electrons. The Balaban J connectivity index is 2.08. The van der Waals surface area contributed by atoms with E-state index in [-0.39, 0.29) is 5.82 Å². The van der Waals surface area contributed by atoms with Gasteiger partial charge in [0.25, 0.3) is 0 Å². The zero-order valence-electron chi connectivity index (χ0n) is 9.69. The summed E-state index contributed by atoms with van der Waals surface area (Å²) in [5.41, 5.74) is 6.71. The maximum atomic E-state index is 12.8. The predicted molar refractivity (Wildman–Crippen MR) is 68.8 cm³/mol. The van der Waals surface area contributed by atoms with E-state index in [1.54, 1.807) is 23.5 Å². The molecule has 0 aliphatic rings. The molecule has 0 saturated heterocycles. The van der Waals surface area contributed by atoms with Crippen molar-refractivity contribution in [2.75, 3.05) is 6.54 Å². The van der Waals surface area contributed by atoms with Crippen LogP contribution in [0.25, 0.3) is 0 Å². The smallest absolute Gasteiger partial charge is 0.123 e. The lowest BCUT2D eigenvalue weighted by atomic mass is 10.1. The van der Waals surface area contributed by atoms with Gasteiger partial charge in [0.15, 0.2) is 0 Å². The van der Waals surface area contributed by atoms with Gasteiger partial charge < -0.3 is 5.73 Å². The Morgan fingerprint density at radius 2 is 2.06 bits per heavy atom. The molecule has 0 spiro atoms. The van der Waals surface area contributed by atoms with Gasteiger partial charge >= 0.3 is 0 Å². The number of rotatable bonds is 4.